The molecule has 0 aromatic carbocycles. The molecule has 0 radical (unpaired) electrons. The molecule has 7 nitrogen and oxygen atoms in total. The molecule has 0 unspecified atom stereocenters. The van der Waals surface area contributed by atoms with Crippen molar-refractivity contribution in [3.8, 4) is 0 Å². The van der Waals surface area contributed by atoms with Crippen LogP contribution in [0.3, 0.4) is 0 Å². The number of rotatable bonds is 3. The largest absolute Gasteiger partial charge is 0.315 e. The van der Waals surface area contributed by atoms with Crippen LogP contribution in [0.25, 0.3) is 0 Å². The van der Waals surface area contributed by atoms with Crippen LogP contribution in [0.1, 0.15) is 0 Å². The molecule has 0 aromatic heterocycles. The number of likely N-dealkylation sites (N-methyl/N-ethyl adjacent to an activating group) is 1. The number of nitrogens with zero attached hydrogens (tertiary/aromatic N) is 3. The predicted molar refractivity (Wildman–Crippen MR) is 49.9 cm³/mol. The molecule has 1 heterocycles. The Morgan fingerprint density at radius 1 is 1.29 bits per heavy atom. The summed E-state index contributed by atoms with van der Waals surface area (Å²) in [5.41, 5.74) is 0. The highest BCUT2D eigenvalue weighted by molar-refractivity contribution is 7.88. The van der Waals surface area contributed by atoms with E-state index in [4.69, 9.17) is 0 Å². The molecule has 82 valence electrons. The third-order valence-corrected chi connectivity index (χ3v) is 3.81. The second-order valence-corrected chi connectivity index (χ2v) is 5.21. The zero-order chi connectivity index (χ0) is 10.8. The van der Waals surface area contributed by atoms with E-state index in [1.54, 1.807) is 0 Å². The van der Waals surface area contributed by atoms with Crippen molar-refractivity contribution in [3.05, 3.63) is 10.1 Å². The summed E-state index contributed by atoms with van der Waals surface area (Å²) < 4.78 is 23.9. The van der Waals surface area contributed by atoms with E-state index in [1.165, 1.54) is 4.31 Å². The molecule has 0 aromatic rings. The molecule has 1 aliphatic rings. The maximum Gasteiger partial charge on any atom is 0.315 e. The van der Waals surface area contributed by atoms with Crippen molar-refractivity contribution in [2.45, 2.75) is 0 Å². The highest BCUT2D eigenvalue weighted by Crippen LogP contribution is 2.06. The van der Waals surface area contributed by atoms with Crippen LogP contribution in [0, 0.1) is 10.1 Å². The summed E-state index contributed by atoms with van der Waals surface area (Å²) in [5, 5.41) is 10.1. The zero-order valence-corrected chi connectivity index (χ0v) is 8.73. The van der Waals surface area contributed by atoms with E-state index in [9.17, 15) is 18.5 Å². The quantitative estimate of drug-likeness (QED) is 0.443. The van der Waals surface area contributed by atoms with Gasteiger partial charge in [0.2, 0.25) is 0 Å². The molecule has 0 aliphatic carbocycles. The van der Waals surface area contributed by atoms with E-state index < -0.39 is 20.8 Å². The first kappa shape index (κ1) is 11.3. The normalized spacial score (nSPS) is 20.9. The van der Waals surface area contributed by atoms with Crippen LogP contribution in [0.5, 0.6) is 0 Å². The van der Waals surface area contributed by atoms with Crippen molar-refractivity contribution in [1.29, 1.82) is 0 Å². The summed E-state index contributed by atoms with van der Waals surface area (Å²) in [4.78, 5) is 11.3. The van der Waals surface area contributed by atoms with Gasteiger partial charge in [0.05, 0.1) is 0 Å². The van der Waals surface area contributed by atoms with Crippen molar-refractivity contribution in [2.75, 3.05) is 39.1 Å². The van der Waals surface area contributed by atoms with E-state index in [-0.39, 0.29) is 0 Å². The minimum atomic E-state index is -3.70. The van der Waals surface area contributed by atoms with E-state index in [0.717, 1.165) is 0 Å². The van der Waals surface area contributed by atoms with E-state index in [2.05, 4.69) is 0 Å². The lowest BCUT2D eigenvalue weighted by molar-refractivity contribution is -0.459. The lowest BCUT2D eigenvalue weighted by atomic mass is 10.4. The van der Waals surface area contributed by atoms with Gasteiger partial charge in [-0.15, -0.1) is 0 Å². The maximum absolute atomic E-state index is 11.4. The minimum Gasteiger partial charge on any atom is -0.304 e. The summed E-state index contributed by atoms with van der Waals surface area (Å²) in [7, 11) is -1.81. The molecule has 0 atom stereocenters. The molecule has 0 saturated carbocycles. The molecule has 1 fully saturated rings. The zero-order valence-electron chi connectivity index (χ0n) is 7.92. The number of nitro groups is 1. The molecular weight excluding hydrogens is 210 g/mol. The molecule has 1 saturated heterocycles. The predicted octanol–water partition coefficient (Wildman–Crippen LogP) is -1.20. The minimum absolute atomic E-state index is 0.340. The maximum atomic E-state index is 11.4. The van der Waals surface area contributed by atoms with E-state index >= 15 is 0 Å². The van der Waals surface area contributed by atoms with Gasteiger partial charge < -0.3 is 4.90 Å². The van der Waals surface area contributed by atoms with Crippen LogP contribution in [0.2, 0.25) is 0 Å². The molecule has 0 N–H and O–H groups in total. The van der Waals surface area contributed by atoms with Gasteiger partial charge in [0.1, 0.15) is 0 Å². The first-order valence-corrected chi connectivity index (χ1v) is 5.81. The molecule has 1 aliphatic heterocycles. The summed E-state index contributed by atoms with van der Waals surface area (Å²) in [5.74, 6) is -1.00. The van der Waals surface area contributed by atoms with Crippen molar-refractivity contribution >= 4 is 10.0 Å². The van der Waals surface area contributed by atoms with Gasteiger partial charge in [-0.25, -0.2) is 8.42 Å². The average Bonchev–Trinajstić information content (AvgIpc) is 2.02. The summed E-state index contributed by atoms with van der Waals surface area (Å²) >= 11 is 0. The van der Waals surface area contributed by atoms with Gasteiger partial charge in [-0.3, -0.25) is 10.1 Å². The standard InChI is InChI=1S/C6H13N3O4S/c1-7-2-4-8(5-3-7)14(12,13)6-9(10)11/h2-6H2,1H3. The van der Waals surface area contributed by atoms with Gasteiger partial charge in [-0.2, -0.15) is 4.31 Å². The van der Waals surface area contributed by atoms with E-state index in [1.807, 2.05) is 11.9 Å². The Kier molecular flexibility index (Phi) is 3.40. The van der Waals surface area contributed by atoms with Gasteiger partial charge in [-0.05, 0) is 7.05 Å². The second-order valence-electron chi connectivity index (χ2n) is 3.28. The van der Waals surface area contributed by atoms with E-state index in [0.29, 0.717) is 26.2 Å². The Bertz CT molecular complexity index is 307. The molecule has 14 heavy (non-hydrogen) atoms. The highest BCUT2D eigenvalue weighted by Gasteiger charge is 2.29. The van der Waals surface area contributed by atoms with Crippen molar-refractivity contribution in [3.63, 3.8) is 0 Å². The smallest absolute Gasteiger partial charge is 0.304 e. The topological polar surface area (TPSA) is 83.8 Å². The van der Waals surface area contributed by atoms with Gasteiger partial charge in [0.25, 0.3) is 10.0 Å². The van der Waals surface area contributed by atoms with Crippen LogP contribution in [-0.2, 0) is 10.0 Å². The van der Waals surface area contributed by atoms with Gasteiger partial charge >= 0.3 is 5.88 Å². The Balaban J connectivity index is 2.60. The van der Waals surface area contributed by atoms with Crippen molar-refractivity contribution < 1.29 is 13.3 Å². The second kappa shape index (κ2) is 4.20. The van der Waals surface area contributed by atoms with Gasteiger partial charge in [-0.1, -0.05) is 0 Å². The average molecular weight is 223 g/mol. The van der Waals surface area contributed by atoms with Crippen LogP contribution in [0.15, 0.2) is 0 Å². The Morgan fingerprint density at radius 2 is 1.79 bits per heavy atom. The number of sulfonamides is 1. The van der Waals surface area contributed by atoms with Crippen LogP contribution >= 0.6 is 0 Å². The lowest BCUT2D eigenvalue weighted by Crippen LogP contribution is -2.48. The van der Waals surface area contributed by atoms with Crippen LogP contribution in [0.4, 0.5) is 0 Å². The summed E-state index contributed by atoms with van der Waals surface area (Å²) in [6.45, 7) is 1.92. The van der Waals surface area contributed by atoms with Crippen molar-refractivity contribution in [1.82, 2.24) is 9.21 Å². The SMILES string of the molecule is CN1CCN(S(=O)(=O)C[N+](=O)[O-])CC1. The first-order chi connectivity index (χ1) is 6.42. The van der Waals surface area contributed by atoms with Crippen molar-refractivity contribution in [2.24, 2.45) is 0 Å². The fraction of sp³-hybridized carbons (Fsp3) is 1.00. The lowest BCUT2D eigenvalue weighted by Gasteiger charge is -2.30. The fourth-order valence-corrected chi connectivity index (χ4v) is 2.43. The third-order valence-electron chi connectivity index (χ3n) is 2.12. The Labute approximate surface area is 82.5 Å². The third kappa shape index (κ3) is 2.89. The van der Waals surface area contributed by atoms with Crippen LogP contribution in [-0.4, -0.2) is 61.6 Å². The van der Waals surface area contributed by atoms with Crippen LogP contribution < -0.4 is 0 Å². The monoisotopic (exact) mass is 223 g/mol. The van der Waals surface area contributed by atoms with Gasteiger partial charge in [0.15, 0.2) is 0 Å². The number of piperazine rings is 1. The van der Waals surface area contributed by atoms with Gasteiger partial charge in [0, 0.05) is 31.1 Å². The summed E-state index contributed by atoms with van der Waals surface area (Å²) in [6, 6.07) is 0. The molecule has 0 spiro atoms. The highest BCUT2D eigenvalue weighted by atomic mass is 32.2. The molecular formula is C6H13N3O4S. The number of hydrogen-bond donors (Lipinski definition) is 0. The first-order valence-electron chi connectivity index (χ1n) is 4.20. The Hall–Kier alpha value is -0.730. The molecule has 0 amide bonds. The number of hydrogen-bond acceptors (Lipinski definition) is 5. The molecule has 0 bridgehead atoms. The molecule has 8 heteroatoms. The Morgan fingerprint density at radius 3 is 2.21 bits per heavy atom. The fourth-order valence-electron chi connectivity index (χ4n) is 1.28. The summed E-state index contributed by atoms with van der Waals surface area (Å²) in [6.07, 6.45) is 0. The molecule has 1 rings (SSSR count).